The first-order chi connectivity index (χ1) is 12.5. The summed E-state index contributed by atoms with van der Waals surface area (Å²) in [4.78, 5) is 23.5. The molecule has 5 nitrogen and oxygen atoms in total. The lowest BCUT2D eigenvalue weighted by Gasteiger charge is -2.56. The van der Waals surface area contributed by atoms with Crippen molar-refractivity contribution in [3.05, 3.63) is 0 Å². The molecule has 4 bridgehead atoms. The Morgan fingerprint density at radius 1 is 1.04 bits per heavy atom. The van der Waals surface area contributed by atoms with Gasteiger partial charge in [0, 0.05) is 19.0 Å². The summed E-state index contributed by atoms with van der Waals surface area (Å²) in [6.45, 7) is 2.97. The Kier molecular flexibility index (Phi) is 5.15. The molecule has 146 valence electrons. The van der Waals surface area contributed by atoms with E-state index in [1.165, 1.54) is 38.5 Å². The van der Waals surface area contributed by atoms with Crippen LogP contribution < -0.4 is 16.0 Å². The van der Waals surface area contributed by atoms with Crippen LogP contribution >= 0.6 is 0 Å². The van der Waals surface area contributed by atoms with Gasteiger partial charge in [0.25, 0.3) is 0 Å². The fourth-order valence-corrected chi connectivity index (χ4v) is 6.67. The Balaban J connectivity index is 1.11. The normalized spacial score (nSPS) is 40.3. The molecule has 0 aromatic carbocycles. The highest BCUT2D eigenvalue weighted by molar-refractivity contribution is 5.77. The molecule has 3 amide bonds. The van der Waals surface area contributed by atoms with Gasteiger partial charge >= 0.3 is 6.03 Å². The molecule has 2 atom stereocenters. The number of urea groups is 1. The Labute approximate surface area is 157 Å². The molecule has 4 aliphatic carbocycles. The monoisotopic (exact) mass is 361 g/mol. The fourth-order valence-electron chi connectivity index (χ4n) is 6.67. The van der Waals surface area contributed by atoms with Crippen molar-refractivity contribution in [3.8, 4) is 0 Å². The molecule has 5 rings (SSSR count). The van der Waals surface area contributed by atoms with E-state index in [4.69, 9.17) is 0 Å². The van der Waals surface area contributed by atoms with Crippen molar-refractivity contribution in [1.29, 1.82) is 0 Å². The molecular formula is C21H35N3O2. The second-order valence-electron chi connectivity index (χ2n) is 9.81. The van der Waals surface area contributed by atoms with Crippen molar-refractivity contribution >= 4 is 11.9 Å². The topological polar surface area (TPSA) is 70.2 Å². The van der Waals surface area contributed by atoms with Gasteiger partial charge in [-0.15, -0.1) is 0 Å². The highest BCUT2D eigenvalue weighted by atomic mass is 16.2. The number of hydrogen-bond acceptors (Lipinski definition) is 2. The number of hydrogen-bond donors (Lipinski definition) is 3. The van der Waals surface area contributed by atoms with Crippen LogP contribution in [0.3, 0.4) is 0 Å². The Morgan fingerprint density at radius 2 is 1.69 bits per heavy atom. The van der Waals surface area contributed by atoms with Crippen LogP contribution in [0.4, 0.5) is 4.79 Å². The maximum Gasteiger partial charge on any atom is 0.315 e. The molecule has 1 heterocycles. The van der Waals surface area contributed by atoms with E-state index in [0.717, 1.165) is 50.0 Å². The van der Waals surface area contributed by atoms with Crippen LogP contribution in [0.5, 0.6) is 0 Å². The zero-order chi connectivity index (χ0) is 18.1. The van der Waals surface area contributed by atoms with Crippen LogP contribution in [-0.4, -0.2) is 30.6 Å². The van der Waals surface area contributed by atoms with E-state index in [2.05, 4.69) is 16.0 Å². The summed E-state index contributed by atoms with van der Waals surface area (Å²) in [5.41, 5.74) is 0.439. The van der Waals surface area contributed by atoms with Crippen LogP contribution in [0.25, 0.3) is 0 Å². The molecule has 0 radical (unpaired) electrons. The number of carbonyl (C=O) groups is 2. The molecule has 0 aromatic rings. The third-order valence-corrected chi connectivity index (χ3v) is 7.52. The van der Waals surface area contributed by atoms with Crippen molar-refractivity contribution in [1.82, 2.24) is 16.0 Å². The summed E-state index contributed by atoms with van der Waals surface area (Å²) in [5.74, 6) is 3.09. The molecule has 0 aromatic heterocycles. The van der Waals surface area contributed by atoms with Crippen molar-refractivity contribution in [3.63, 3.8) is 0 Å². The van der Waals surface area contributed by atoms with E-state index >= 15 is 0 Å². The second-order valence-corrected chi connectivity index (χ2v) is 9.81. The second kappa shape index (κ2) is 7.40. The van der Waals surface area contributed by atoms with Crippen molar-refractivity contribution in [2.24, 2.45) is 23.2 Å². The highest BCUT2D eigenvalue weighted by Gasteiger charge is 2.50. The average molecular weight is 362 g/mol. The molecule has 0 spiro atoms. The lowest BCUT2D eigenvalue weighted by molar-refractivity contribution is -0.123. The SMILES string of the molecule is CC1NC(=O)NC1CCCCCC(=O)NCC12CC3CC(CC(C3)C1)C2. The van der Waals surface area contributed by atoms with Gasteiger partial charge in [-0.3, -0.25) is 4.79 Å². The van der Waals surface area contributed by atoms with Crippen molar-refractivity contribution in [2.45, 2.75) is 89.6 Å². The Bertz CT molecular complexity index is 512. The number of amides is 3. The summed E-state index contributed by atoms with van der Waals surface area (Å²) in [7, 11) is 0. The molecule has 1 aliphatic heterocycles. The third-order valence-electron chi connectivity index (χ3n) is 7.52. The maximum absolute atomic E-state index is 12.3. The highest BCUT2D eigenvalue weighted by Crippen LogP contribution is 2.59. The first kappa shape index (κ1) is 18.1. The van der Waals surface area contributed by atoms with Gasteiger partial charge in [-0.2, -0.15) is 0 Å². The van der Waals surface area contributed by atoms with Crippen LogP contribution in [0, 0.1) is 23.2 Å². The molecular weight excluding hydrogens is 326 g/mol. The van der Waals surface area contributed by atoms with Gasteiger partial charge in [0.15, 0.2) is 0 Å². The molecule has 5 aliphatic rings. The summed E-state index contributed by atoms with van der Waals surface area (Å²) >= 11 is 0. The number of unbranched alkanes of at least 4 members (excludes halogenated alkanes) is 2. The Morgan fingerprint density at radius 3 is 2.27 bits per heavy atom. The molecule has 5 heteroatoms. The van der Waals surface area contributed by atoms with E-state index in [9.17, 15) is 9.59 Å². The van der Waals surface area contributed by atoms with E-state index in [-0.39, 0.29) is 24.0 Å². The van der Waals surface area contributed by atoms with Gasteiger partial charge in [0.1, 0.15) is 0 Å². The number of carbonyl (C=O) groups excluding carboxylic acids is 2. The first-order valence-corrected chi connectivity index (χ1v) is 10.9. The van der Waals surface area contributed by atoms with Gasteiger partial charge in [-0.25, -0.2) is 4.79 Å². The van der Waals surface area contributed by atoms with E-state index in [0.29, 0.717) is 11.8 Å². The van der Waals surface area contributed by atoms with Crippen LogP contribution in [-0.2, 0) is 4.79 Å². The van der Waals surface area contributed by atoms with Gasteiger partial charge < -0.3 is 16.0 Å². The summed E-state index contributed by atoms with van der Waals surface area (Å²) < 4.78 is 0. The predicted octanol–water partition coefficient (Wildman–Crippen LogP) is 3.34. The minimum Gasteiger partial charge on any atom is -0.356 e. The number of nitrogens with one attached hydrogen (secondary N) is 3. The lowest BCUT2D eigenvalue weighted by Crippen LogP contribution is -2.51. The van der Waals surface area contributed by atoms with Crippen molar-refractivity contribution < 1.29 is 9.59 Å². The minimum absolute atomic E-state index is 0.0495. The lowest BCUT2D eigenvalue weighted by atomic mass is 9.49. The molecule has 4 saturated carbocycles. The van der Waals surface area contributed by atoms with Gasteiger partial charge in [-0.1, -0.05) is 12.8 Å². The standard InChI is InChI=1S/C21H35N3O2/c1-14-18(24-20(26)23-14)5-3-2-4-6-19(25)22-13-21-10-15-7-16(11-21)9-17(8-15)12-21/h14-18H,2-13H2,1H3,(H,22,25)(H2,23,24,26). The molecule has 1 saturated heterocycles. The fraction of sp³-hybridized carbons (Fsp3) is 0.905. The van der Waals surface area contributed by atoms with Crippen LogP contribution in [0.15, 0.2) is 0 Å². The quantitative estimate of drug-likeness (QED) is 0.580. The number of rotatable bonds is 8. The summed E-state index contributed by atoms with van der Waals surface area (Å²) in [5, 5.41) is 9.12. The van der Waals surface area contributed by atoms with Crippen molar-refractivity contribution in [2.75, 3.05) is 6.54 Å². The molecule has 3 N–H and O–H groups in total. The van der Waals surface area contributed by atoms with E-state index in [1.54, 1.807) is 0 Å². The van der Waals surface area contributed by atoms with Gasteiger partial charge in [0.2, 0.25) is 5.91 Å². The molecule has 2 unspecified atom stereocenters. The van der Waals surface area contributed by atoms with Gasteiger partial charge in [0.05, 0.1) is 6.04 Å². The Hall–Kier alpha value is -1.26. The van der Waals surface area contributed by atoms with Crippen LogP contribution in [0.1, 0.15) is 77.6 Å². The van der Waals surface area contributed by atoms with E-state index in [1.807, 2.05) is 6.92 Å². The maximum atomic E-state index is 12.3. The zero-order valence-electron chi connectivity index (χ0n) is 16.2. The van der Waals surface area contributed by atoms with Crippen LogP contribution in [0.2, 0.25) is 0 Å². The summed E-state index contributed by atoms with van der Waals surface area (Å²) in [6.07, 6.45) is 13.2. The predicted molar refractivity (Wildman–Crippen MR) is 102 cm³/mol. The molecule has 5 fully saturated rings. The zero-order valence-corrected chi connectivity index (χ0v) is 16.2. The first-order valence-electron chi connectivity index (χ1n) is 10.9. The smallest absolute Gasteiger partial charge is 0.315 e. The largest absolute Gasteiger partial charge is 0.356 e. The van der Waals surface area contributed by atoms with Gasteiger partial charge in [-0.05, 0) is 81.5 Å². The average Bonchev–Trinajstić information content (AvgIpc) is 2.89. The third kappa shape index (κ3) is 4.01. The van der Waals surface area contributed by atoms with E-state index < -0.39 is 0 Å². The summed E-state index contributed by atoms with van der Waals surface area (Å²) in [6, 6.07) is 0.407. The molecule has 26 heavy (non-hydrogen) atoms. The minimum atomic E-state index is -0.0495.